The van der Waals surface area contributed by atoms with E-state index in [2.05, 4.69) is 10.1 Å². The van der Waals surface area contributed by atoms with E-state index in [9.17, 15) is 9.59 Å². The molecular weight excluding hydrogens is 228 g/mol. The smallest absolute Gasteiger partial charge is 0.329 e. The van der Waals surface area contributed by atoms with Gasteiger partial charge in [0.25, 0.3) is 0 Å². The van der Waals surface area contributed by atoms with Gasteiger partial charge in [0, 0.05) is 24.5 Å². The number of thioether (sulfide) groups is 1. The van der Waals surface area contributed by atoms with Gasteiger partial charge in [-0.25, -0.2) is 4.79 Å². The molecule has 0 fully saturated rings. The second-order valence-corrected chi connectivity index (χ2v) is 4.56. The lowest BCUT2D eigenvalue weighted by Gasteiger charge is -2.16. The summed E-state index contributed by atoms with van der Waals surface area (Å²) in [7, 11) is 1.31. The lowest BCUT2D eigenvalue weighted by atomic mass is 10.3. The fraction of sp³-hybridized carbons (Fsp3) is 0.800. The van der Waals surface area contributed by atoms with Crippen LogP contribution in [0, 0.1) is 0 Å². The molecule has 2 unspecified atom stereocenters. The number of methoxy groups -OCH3 is 1. The van der Waals surface area contributed by atoms with Gasteiger partial charge >= 0.3 is 5.97 Å². The average molecular weight is 248 g/mol. The van der Waals surface area contributed by atoms with Crippen LogP contribution in [0.4, 0.5) is 0 Å². The molecule has 0 aromatic carbocycles. The van der Waals surface area contributed by atoms with Crippen molar-refractivity contribution < 1.29 is 14.3 Å². The van der Waals surface area contributed by atoms with Gasteiger partial charge in [-0.2, -0.15) is 11.8 Å². The Balaban J connectivity index is 4.01. The number of nitrogens with one attached hydrogen (secondary N) is 1. The highest BCUT2D eigenvalue weighted by molar-refractivity contribution is 7.99. The SMILES string of the molecule is CCC(N)CSCC(NC(C)=O)C(=O)OC. The third kappa shape index (κ3) is 6.68. The molecule has 0 spiro atoms. The number of nitrogens with two attached hydrogens (primary N) is 1. The zero-order valence-electron chi connectivity index (χ0n) is 9.99. The van der Waals surface area contributed by atoms with E-state index in [1.54, 1.807) is 0 Å². The summed E-state index contributed by atoms with van der Waals surface area (Å²) < 4.78 is 4.60. The largest absolute Gasteiger partial charge is 0.467 e. The molecular formula is C10H20N2O3S. The summed E-state index contributed by atoms with van der Waals surface area (Å²) in [6, 6.07) is -0.461. The predicted octanol–water partition coefficient (Wildman–Crippen LogP) is 0.135. The van der Waals surface area contributed by atoms with Gasteiger partial charge in [-0.15, -0.1) is 0 Å². The van der Waals surface area contributed by atoms with Crippen molar-refractivity contribution in [3.8, 4) is 0 Å². The first-order chi connectivity index (χ1) is 7.51. The minimum atomic E-state index is -0.587. The van der Waals surface area contributed by atoms with Crippen molar-refractivity contribution in [2.75, 3.05) is 18.6 Å². The lowest BCUT2D eigenvalue weighted by molar-refractivity contribution is -0.144. The molecule has 1 amide bonds. The zero-order valence-corrected chi connectivity index (χ0v) is 10.8. The first-order valence-electron chi connectivity index (χ1n) is 5.19. The molecule has 0 saturated carbocycles. The van der Waals surface area contributed by atoms with Crippen LogP contribution in [-0.2, 0) is 14.3 Å². The molecule has 94 valence electrons. The highest BCUT2D eigenvalue weighted by Gasteiger charge is 2.20. The van der Waals surface area contributed by atoms with Crippen molar-refractivity contribution in [2.45, 2.75) is 32.4 Å². The molecule has 2 atom stereocenters. The van der Waals surface area contributed by atoms with Crippen molar-refractivity contribution in [1.29, 1.82) is 0 Å². The number of rotatable bonds is 7. The van der Waals surface area contributed by atoms with E-state index in [-0.39, 0.29) is 11.9 Å². The van der Waals surface area contributed by atoms with E-state index in [0.29, 0.717) is 5.75 Å². The molecule has 0 aliphatic heterocycles. The second-order valence-electron chi connectivity index (χ2n) is 3.48. The summed E-state index contributed by atoms with van der Waals surface area (Å²) in [6.45, 7) is 3.38. The maximum atomic E-state index is 11.3. The van der Waals surface area contributed by atoms with Crippen molar-refractivity contribution in [1.82, 2.24) is 5.32 Å². The first kappa shape index (κ1) is 15.2. The van der Waals surface area contributed by atoms with E-state index in [1.807, 2.05) is 6.92 Å². The van der Waals surface area contributed by atoms with E-state index in [4.69, 9.17) is 5.73 Å². The topological polar surface area (TPSA) is 81.4 Å². The van der Waals surface area contributed by atoms with Crippen LogP contribution in [0.15, 0.2) is 0 Å². The monoisotopic (exact) mass is 248 g/mol. The maximum Gasteiger partial charge on any atom is 0.329 e. The maximum absolute atomic E-state index is 11.3. The summed E-state index contributed by atoms with van der Waals surface area (Å²) in [6.07, 6.45) is 0.899. The number of hydrogen-bond donors (Lipinski definition) is 2. The van der Waals surface area contributed by atoms with Gasteiger partial charge in [-0.05, 0) is 6.42 Å². The number of esters is 1. The van der Waals surface area contributed by atoms with Gasteiger partial charge in [0.15, 0.2) is 0 Å². The number of hydrogen-bond acceptors (Lipinski definition) is 5. The normalized spacial score (nSPS) is 14.0. The molecule has 16 heavy (non-hydrogen) atoms. The average Bonchev–Trinajstić information content (AvgIpc) is 2.25. The molecule has 0 saturated heterocycles. The predicted molar refractivity (Wildman–Crippen MR) is 65.2 cm³/mol. The first-order valence-corrected chi connectivity index (χ1v) is 6.35. The highest BCUT2D eigenvalue weighted by atomic mass is 32.2. The molecule has 6 heteroatoms. The second kappa shape index (κ2) is 8.41. The molecule has 0 aliphatic rings. The third-order valence-electron chi connectivity index (χ3n) is 2.00. The van der Waals surface area contributed by atoms with E-state index in [1.165, 1.54) is 25.8 Å². The summed E-state index contributed by atoms with van der Waals surface area (Å²) >= 11 is 1.54. The number of amides is 1. The fourth-order valence-corrected chi connectivity index (χ4v) is 2.14. The summed E-state index contributed by atoms with van der Waals surface area (Å²) in [5.74, 6) is 0.590. The van der Waals surface area contributed by atoms with Crippen LogP contribution < -0.4 is 11.1 Å². The highest BCUT2D eigenvalue weighted by Crippen LogP contribution is 2.07. The van der Waals surface area contributed by atoms with Crippen molar-refractivity contribution >= 4 is 23.6 Å². The van der Waals surface area contributed by atoms with Crippen LogP contribution in [0.25, 0.3) is 0 Å². The fourth-order valence-electron chi connectivity index (χ4n) is 1.01. The van der Waals surface area contributed by atoms with Crippen molar-refractivity contribution in [3.05, 3.63) is 0 Å². The van der Waals surface area contributed by atoms with Gasteiger partial charge in [0.1, 0.15) is 6.04 Å². The molecule has 0 aromatic rings. The van der Waals surface area contributed by atoms with Crippen LogP contribution in [0.5, 0.6) is 0 Å². The van der Waals surface area contributed by atoms with Gasteiger partial charge in [0.05, 0.1) is 7.11 Å². The molecule has 0 heterocycles. The standard InChI is InChI=1S/C10H20N2O3S/c1-4-8(11)5-16-6-9(10(14)15-3)12-7(2)13/h8-9H,4-6,11H2,1-3H3,(H,12,13). The Kier molecular flexibility index (Phi) is 8.01. The zero-order chi connectivity index (χ0) is 12.6. The summed E-state index contributed by atoms with van der Waals surface area (Å²) in [4.78, 5) is 22.2. The van der Waals surface area contributed by atoms with Crippen LogP contribution >= 0.6 is 11.8 Å². The molecule has 3 N–H and O–H groups in total. The van der Waals surface area contributed by atoms with Gasteiger partial charge in [-0.3, -0.25) is 4.79 Å². The summed E-state index contributed by atoms with van der Waals surface area (Å²) in [5, 5.41) is 2.55. The molecule has 5 nitrogen and oxygen atoms in total. The van der Waals surface area contributed by atoms with E-state index in [0.717, 1.165) is 12.2 Å². The van der Waals surface area contributed by atoms with Crippen LogP contribution in [0.1, 0.15) is 20.3 Å². The minimum absolute atomic E-state index is 0.126. The van der Waals surface area contributed by atoms with Crippen LogP contribution in [0.3, 0.4) is 0 Å². The van der Waals surface area contributed by atoms with E-state index >= 15 is 0 Å². The van der Waals surface area contributed by atoms with Crippen LogP contribution in [-0.4, -0.2) is 42.6 Å². The molecule has 0 rings (SSSR count). The van der Waals surface area contributed by atoms with Crippen molar-refractivity contribution in [3.63, 3.8) is 0 Å². The molecule has 0 aromatic heterocycles. The quantitative estimate of drug-likeness (QED) is 0.626. The molecule has 0 bridgehead atoms. The minimum Gasteiger partial charge on any atom is -0.467 e. The van der Waals surface area contributed by atoms with Gasteiger partial charge < -0.3 is 15.8 Å². The number of carbonyl (C=O) groups is 2. The Hall–Kier alpha value is -0.750. The number of ether oxygens (including phenoxy) is 1. The molecule has 0 aliphatic carbocycles. The Labute approximate surface area is 100 Å². The Morgan fingerprint density at radius 2 is 2.06 bits per heavy atom. The Bertz CT molecular complexity index is 236. The van der Waals surface area contributed by atoms with Gasteiger partial charge in [-0.1, -0.05) is 6.92 Å². The summed E-state index contributed by atoms with van der Waals surface area (Å²) in [5.41, 5.74) is 5.74. The lowest BCUT2D eigenvalue weighted by Crippen LogP contribution is -2.42. The van der Waals surface area contributed by atoms with E-state index < -0.39 is 12.0 Å². The number of carbonyl (C=O) groups excluding carboxylic acids is 2. The molecule has 0 radical (unpaired) electrons. The Morgan fingerprint density at radius 3 is 2.50 bits per heavy atom. The Morgan fingerprint density at radius 1 is 1.44 bits per heavy atom. The van der Waals surface area contributed by atoms with Crippen LogP contribution in [0.2, 0.25) is 0 Å². The van der Waals surface area contributed by atoms with Gasteiger partial charge in [0.2, 0.25) is 5.91 Å². The third-order valence-corrected chi connectivity index (χ3v) is 3.24. The van der Waals surface area contributed by atoms with Crippen molar-refractivity contribution in [2.24, 2.45) is 5.73 Å².